The van der Waals surface area contributed by atoms with E-state index in [2.05, 4.69) is 19.1 Å². The predicted molar refractivity (Wildman–Crippen MR) is 97.4 cm³/mol. The topological polar surface area (TPSA) is 46.3 Å². The second kappa shape index (κ2) is 7.09. The third kappa shape index (κ3) is 3.70. The summed E-state index contributed by atoms with van der Waals surface area (Å²) < 4.78 is 0. The molecule has 3 nitrogen and oxygen atoms in total. The molecule has 0 unspecified atom stereocenters. The van der Waals surface area contributed by atoms with Crippen molar-refractivity contribution in [3.8, 4) is 0 Å². The van der Waals surface area contributed by atoms with E-state index in [-0.39, 0.29) is 11.9 Å². The minimum absolute atomic E-state index is 0.149. The highest BCUT2D eigenvalue weighted by molar-refractivity contribution is 8.00. The summed E-state index contributed by atoms with van der Waals surface area (Å²) in [6, 6.07) is 18.1. The van der Waals surface area contributed by atoms with Crippen LogP contribution in [0.4, 0.5) is 5.69 Å². The first kappa shape index (κ1) is 15.9. The van der Waals surface area contributed by atoms with Crippen molar-refractivity contribution in [1.29, 1.82) is 0 Å². The van der Waals surface area contributed by atoms with Crippen molar-refractivity contribution in [1.82, 2.24) is 4.90 Å². The molecule has 1 aliphatic heterocycles. The van der Waals surface area contributed by atoms with Crippen molar-refractivity contribution < 1.29 is 4.79 Å². The molecule has 120 valence electrons. The lowest BCUT2D eigenvalue weighted by molar-refractivity contribution is -0.132. The average molecular weight is 326 g/mol. The highest BCUT2D eigenvalue weighted by atomic mass is 32.2. The Kier molecular flexibility index (Phi) is 4.91. The zero-order valence-corrected chi connectivity index (χ0v) is 14.1. The average Bonchev–Trinajstić information content (AvgIpc) is 2.57. The maximum absolute atomic E-state index is 12.9. The number of hydrogen-bond acceptors (Lipinski definition) is 3. The largest absolute Gasteiger partial charge is 0.399 e. The van der Waals surface area contributed by atoms with Crippen molar-refractivity contribution in [3.63, 3.8) is 0 Å². The number of nitrogen functional groups attached to an aromatic ring is 1. The monoisotopic (exact) mass is 326 g/mol. The van der Waals surface area contributed by atoms with Crippen LogP contribution in [0, 0.1) is 0 Å². The molecule has 0 saturated carbocycles. The van der Waals surface area contributed by atoms with Crippen LogP contribution in [-0.4, -0.2) is 28.4 Å². The lowest BCUT2D eigenvalue weighted by Gasteiger charge is -2.40. The third-order valence-corrected chi connectivity index (χ3v) is 5.49. The molecule has 4 heteroatoms. The predicted octanol–water partition coefficient (Wildman–Crippen LogP) is 3.52. The quantitative estimate of drug-likeness (QED) is 0.878. The Balaban J connectivity index is 1.80. The van der Waals surface area contributed by atoms with Gasteiger partial charge in [0, 0.05) is 23.2 Å². The van der Waals surface area contributed by atoms with E-state index in [1.54, 1.807) is 0 Å². The van der Waals surface area contributed by atoms with Crippen molar-refractivity contribution in [2.75, 3.05) is 18.0 Å². The number of benzene rings is 2. The number of carbonyl (C=O) groups excluding carboxylic acids is 1. The Morgan fingerprint density at radius 1 is 1.17 bits per heavy atom. The lowest BCUT2D eigenvalue weighted by Crippen LogP contribution is -2.44. The molecule has 1 amide bonds. The van der Waals surface area contributed by atoms with Gasteiger partial charge in [-0.25, -0.2) is 0 Å². The van der Waals surface area contributed by atoms with Gasteiger partial charge in [0.25, 0.3) is 0 Å². The first-order valence-electron chi connectivity index (χ1n) is 7.95. The molecule has 2 aromatic carbocycles. The molecule has 0 aliphatic carbocycles. The van der Waals surface area contributed by atoms with E-state index in [0.717, 1.165) is 23.5 Å². The van der Waals surface area contributed by atoms with Gasteiger partial charge in [-0.05, 0) is 23.3 Å². The van der Waals surface area contributed by atoms with Gasteiger partial charge in [-0.3, -0.25) is 4.79 Å². The van der Waals surface area contributed by atoms with Crippen LogP contribution in [0.25, 0.3) is 0 Å². The number of nitrogens with two attached hydrogens (primary N) is 1. The Bertz CT molecular complexity index is 657. The fourth-order valence-corrected chi connectivity index (χ4v) is 4.27. The van der Waals surface area contributed by atoms with Crippen LogP contribution in [0.15, 0.2) is 54.6 Å². The van der Waals surface area contributed by atoms with Crippen molar-refractivity contribution in [2.24, 2.45) is 0 Å². The fourth-order valence-electron chi connectivity index (χ4n) is 3.11. The number of rotatable bonds is 3. The fraction of sp³-hybridized carbons (Fsp3) is 0.316. The van der Waals surface area contributed by atoms with Crippen LogP contribution < -0.4 is 5.73 Å². The number of hydrogen-bond donors (Lipinski definition) is 1. The maximum Gasteiger partial charge on any atom is 0.227 e. The zero-order chi connectivity index (χ0) is 16.2. The number of carbonyl (C=O) groups is 1. The van der Waals surface area contributed by atoms with E-state index in [1.165, 1.54) is 5.56 Å². The first-order valence-corrected chi connectivity index (χ1v) is 9.00. The smallest absolute Gasteiger partial charge is 0.227 e. The van der Waals surface area contributed by atoms with Gasteiger partial charge in [0.05, 0.1) is 12.5 Å². The first-order chi connectivity index (χ1) is 11.1. The Labute approximate surface area is 141 Å². The molecule has 2 atom stereocenters. The van der Waals surface area contributed by atoms with Crippen LogP contribution >= 0.6 is 11.8 Å². The Hall–Kier alpha value is -1.94. The van der Waals surface area contributed by atoms with E-state index in [0.29, 0.717) is 11.7 Å². The normalized spacial score (nSPS) is 21.2. The molecule has 0 bridgehead atoms. The summed E-state index contributed by atoms with van der Waals surface area (Å²) in [5, 5.41) is 0.404. The Morgan fingerprint density at radius 3 is 2.57 bits per heavy atom. The van der Waals surface area contributed by atoms with Gasteiger partial charge in [0.15, 0.2) is 0 Å². The third-order valence-electron chi connectivity index (χ3n) is 4.29. The molecule has 1 heterocycles. The van der Waals surface area contributed by atoms with Gasteiger partial charge in [0.1, 0.15) is 0 Å². The zero-order valence-electron chi connectivity index (χ0n) is 13.3. The van der Waals surface area contributed by atoms with E-state index in [4.69, 9.17) is 5.73 Å². The van der Waals surface area contributed by atoms with Gasteiger partial charge in [-0.15, -0.1) is 0 Å². The second-order valence-electron chi connectivity index (χ2n) is 5.94. The lowest BCUT2D eigenvalue weighted by atomic mass is 10.0. The van der Waals surface area contributed by atoms with Crippen LogP contribution in [0.2, 0.25) is 0 Å². The number of thioether (sulfide) groups is 1. The van der Waals surface area contributed by atoms with Gasteiger partial charge < -0.3 is 10.6 Å². The van der Waals surface area contributed by atoms with Gasteiger partial charge in [0.2, 0.25) is 5.91 Å². The molecule has 3 rings (SSSR count). The molecule has 1 fully saturated rings. The molecular weight excluding hydrogens is 304 g/mol. The van der Waals surface area contributed by atoms with Gasteiger partial charge in [-0.2, -0.15) is 11.8 Å². The summed E-state index contributed by atoms with van der Waals surface area (Å²) in [7, 11) is 0. The van der Waals surface area contributed by atoms with Crippen molar-refractivity contribution in [3.05, 3.63) is 65.7 Å². The maximum atomic E-state index is 12.9. The summed E-state index contributed by atoms with van der Waals surface area (Å²) in [5.41, 5.74) is 8.68. The van der Waals surface area contributed by atoms with Crippen LogP contribution in [0.5, 0.6) is 0 Å². The molecule has 0 radical (unpaired) electrons. The number of amides is 1. The summed E-state index contributed by atoms with van der Waals surface area (Å²) in [6.45, 7) is 3.02. The minimum atomic E-state index is 0.149. The molecule has 23 heavy (non-hydrogen) atoms. The van der Waals surface area contributed by atoms with Gasteiger partial charge in [-0.1, -0.05) is 49.4 Å². The minimum Gasteiger partial charge on any atom is -0.399 e. The number of nitrogens with zero attached hydrogens (tertiary/aromatic N) is 1. The van der Waals surface area contributed by atoms with Crippen molar-refractivity contribution in [2.45, 2.75) is 24.6 Å². The molecule has 1 saturated heterocycles. The van der Waals surface area contributed by atoms with Gasteiger partial charge >= 0.3 is 0 Å². The molecule has 0 aromatic heterocycles. The highest BCUT2D eigenvalue weighted by Crippen LogP contribution is 2.36. The molecule has 0 spiro atoms. The summed E-state index contributed by atoms with van der Waals surface area (Å²) in [6.07, 6.45) is 0.432. The standard InChI is InChI=1S/C19H22N2OS/c1-14-19(16-5-3-2-4-6-16)21(11-12-23-14)18(22)13-15-7-9-17(20)10-8-15/h2-10,14,19H,11-13,20H2,1H3/t14-,19-/m0/s1. The molecule has 2 aromatic rings. The summed E-state index contributed by atoms with van der Waals surface area (Å²) >= 11 is 1.94. The van der Waals surface area contributed by atoms with Crippen molar-refractivity contribution >= 4 is 23.4 Å². The molecule has 2 N–H and O–H groups in total. The molecular formula is C19H22N2OS. The van der Waals surface area contributed by atoms with Crippen LogP contribution in [0.1, 0.15) is 24.1 Å². The van der Waals surface area contributed by atoms with Crippen LogP contribution in [-0.2, 0) is 11.2 Å². The Morgan fingerprint density at radius 2 is 1.87 bits per heavy atom. The van der Waals surface area contributed by atoms with E-state index in [9.17, 15) is 4.79 Å². The number of anilines is 1. The van der Waals surface area contributed by atoms with E-state index in [1.807, 2.05) is 59.1 Å². The SMILES string of the molecule is C[C@@H]1SCCN(C(=O)Cc2ccc(N)cc2)[C@@H]1c1ccccc1. The van der Waals surface area contributed by atoms with E-state index < -0.39 is 0 Å². The highest BCUT2D eigenvalue weighted by Gasteiger charge is 2.33. The second-order valence-corrected chi connectivity index (χ2v) is 7.42. The van der Waals surface area contributed by atoms with Crippen LogP contribution in [0.3, 0.4) is 0 Å². The van der Waals surface area contributed by atoms with E-state index >= 15 is 0 Å². The summed E-state index contributed by atoms with van der Waals surface area (Å²) in [4.78, 5) is 14.9. The summed E-state index contributed by atoms with van der Waals surface area (Å²) in [5.74, 6) is 1.19. The molecule has 1 aliphatic rings.